The number of aliphatic hydroxyl groups is 1. The molecule has 1 N–H and O–H groups in total. The van der Waals surface area contributed by atoms with Gasteiger partial charge in [0.25, 0.3) is 5.91 Å². The Morgan fingerprint density at radius 2 is 1.59 bits per heavy atom. The summed E-state index contributed by atoms with van der Waals surface area (Å²) in [6.07, 6.45) is 11.4. The fourth-order valence-electron chi connectivity index (χ4n) is 7.50. The lowest BCUT2D eigenvalue weighted by atomic mass is 9.74. The smallest absolute Gasteiger partial charge is 0.251 e. The van der Waals surface area contributed by atoms with Crippen molar-refractivity contribution in [1.29, 1.82) is 0 Å². The number of anilines is 1. The highest BCUT2D eigenvalue weighted by atomic mass is 32.2. The van der Waals surface area contributed by atoms with E-state index in [0.717, 1.165) is 30.5 Å². The third-order valence-electron chi connectivity index (χ3n) is 9.55. The van der Waals surface area contributed by atoms with Crippen LogP contribution in [-0.4, -0.2) is 81.5 Å². The second kappa shape index (κ2) is 12.4. The molecular weight excluding hydrogens is 574 g/mol. The quantitative estimate of drug-likeness (QED) is 0.314. The first-order valence-electron chi connectivity index (χ1n) is 15.6. The minimum absolute atomic E-state index is 0.0373. The second-order valence-electron chi connectivity index (χ2n) is 12.3. The number of carbonyl (C=O) groups is 3. The molecule has 1 unspecified atom stereocenters. The van der Waals surface area contributed by atoms with Crippen molar-refractivity contribution in [2.24, 2.45) is 11.8 Å². The number of thioether (sulfide) groups is 1. The number of rotatable bonds is 10. The normalized spacial score (nSPS) is 29.4. The maximum absolute atomic E-state index is 14.7. The Balaban J connectivity index is 1.38. The molecule has 4 aliphatic heterocycles. The summed E-state index contributed by atoms with van der Waals surface area (Å²) in [5.74, 6) is -0.843. The van der Waals surface area contributed by atoms with Crippen molar-refractivity contribution < 1.29 is 24.2 Å². The topological polar surface area (TPSA) is 90.4 Å². The zero-order chi connectivity index (χ0) is 30.9. The van der Waals surface area contributed by atoms with Crippen LogP contribution in [-0.2, 0) is 20.9 Å². The number of methoxy groups -OCH3 is 1. The van der Waals surface area contributed by atoms with Crippen molar-refractivity contribution in [3.63, 3.8) is 0 Å². The van der Waals surface area contributed by atoms with Gasteiger partial charge in [-0.3, -0.25) is 14.4 Å². The van der Waals surface area contributed by atoms with Gasteiger partial charge in [0.15, 0.2) is 0 Å². The summed E-state index contributed by atoms with van der Waals surface area (Å²) < 4.78 is 3.81. The number of likely N-dealkylation sites (tertiary alicyclic amines) is 1. The molecule has 0 aromatic heterocycles. The zero-order valence-corrected chi connectivity index (χ0v) is 26.2. The summed E-state index contributed by atoms with van der Waals surface area (Å²) in [5.41, 5.74) is 1.78. The van der Waals surface area contributed by atoms with Gasteiger partial charge in [0.1, 0.15) is 11.8 Å². The fourth-order valence-corrected chi connectivity index (χ4v) is 9.66. The molecule has 5 atom stereocenters. The van der Waals surface area contributed by atoms with E-state index in [4.69, 9.17) is 4.74 Å². The maximum Gasteiger partial charge on any atom is 0.251 e. The lowest BCUT2D eigenvalue weighted by Crippen LogP contribution is -2.53. The Labute approximate surface area is 263 Å². The molecule has 6 rings (SSSR count). The summed E-state index contributed by atoms with van der Waals surface area (Å²) in [4.78, 5) is 49.2. The first-order valence-corrected chi connectivity index (χ1v) is 16.4. The molecule has 4 aliphatic rings. The monoisotopic (exact) mass is 615 g/mol. The van der Waals surface area contributed by atoms with Gasteiger partial charge in [-0.25, -0.2) is 0 Å². The van der Waals surface area contributed by atoms with Crippen LogP contribution in [0.2, 0.25) is 0 Å². The van der Waals surface area contributed by atoms with Gasteiger partial charge < -0.3 is 24.5 Å². The Hall–Kier alpha value is -3.56. The van der Waals surface area contributed by atoms with E-state index < -0.39 is 27.4 Å². The highest BCUT2D eigenvalue weighted by Crippen LogP contribution is 2.65. The van der Waals surface area contributed by atoms with Gasteiger partial charge >= 0.3 is 0 Å². The number of aliphatic hydroxyl groups excluding tert-OH is 1. The largest absolute Gasteiger partial charge is 0.497 e. The third-order valence-corrected chi connectivity index (χ3v) is 11.3. The Kier molecular flexibility index (Phi) is 8.61. The van der Waals surface area contributed by atoms with Gasteiger partial charge in [0.05, 0.1) is 23.7 Å². The molecular formula is C35H41N3O5S. The molecule has 3 amide bonds. The van der Waals surface area contributed by atoms with Crippen LogP contribution in [0.5, 0.6) is 5.75 Å². The van der Waals surface area contributed by atoms with E-state index >= 15 is 0 Å². The van der Waals surface area contributed by atoms with Crippen molar-refractivity contribution in [2.45, 2.75) is 54.7 Å². The minimum Gasteiger partial charge on any atom is -0.497 e. The van der Waals surface area contributed by atoms with Crippen LogP contribution in [0, 0.1) is 11.8 Å². The average Bonchev–Trinajstić information content (AvgIpc) is 3.30. The number of ether oxygens (including phenoxy) is 1. The van der Waals surface area contributed by atoms with Crippen LogP contribution in [0.25, 0.3) is 0 Å². The summed E-state index contributed by atoms with van der Waals surface area (Å²) in [7, 11) is 1.61. The predicted molar refractivity (Wildman–Crippen MR) is 172 cm³/mol. The molecule has 2 fully saturated rings. The van der Waals surface area contributed by atoms with Crippen LogP contribution in [0.4, 0.5) is 5.69 Å². The molecule has 0 radical (unpaired) electrons. The van der Waals surface area contributed by atoms with E-state index in [9.17, 15) is 19.5 Å². The second-order valence-corrected chi connectivity index (χ2v) is 14.1. The molecule has 0 bridgehead atoms. The van der Waals surface area contributed by atoms with E-state index in [1.165, 1.54) is 0 Å². The molecule has 2 aromatic rings. The summed E-state index contributed by atoms with van der Waals surface area (Å²) in [5, 5.41) is 9.24. The lowest BCUT2D eigenvalue weighted by molar-refractivity contribution is -0.144. The van der Waals surface area contributed by atoms with E-state index in [0.29, 0.717) is 38.3 Å². The number of hydrogen-bond donors (Lipinski definition) is 1. The molecule has 0 aliphatic carbocycles. The van der Waals surface area contributed by atoms with Crippen molar-refractivity contribution >= 4 is 35.2 Å². The number of carbonyl (C=O) groups excluding carboxylic acids is 3. The van der Waals surface area contributed by atoms with Crippen LogP contribution in [0.15, 0.2) is 78.9 Å². The number of hydrogen-bond acceptors (Lipinski definition) is 6. The number of amides is 3. The van der Waals surface area contributed by atoms with E-state index in [1.54, 1.807) is 28.7 Å². The Morgan fingerprint density at radius 3 is 2.32 bits per heavy atom. The maximum atomic E-state index is 14.7. The Morgan fingerprint density at radius 1 is 0.864 bits per heavy atom. The van der Waals surface area contributed by atoms with Gasteiger partial charge in [-0.2, -0.15) is 0 Å². The zero-order valence-electron chi connectivity index (χ0n) is 25.4. The first kappa shape index (κ1) is 30.5. The van der Waals surface area contributed by atoms with Crippen LogP contribution >= 0.6 is 11.8 Å². The molecule has 8 nitrogen and oxygen atoms in total. The number of unbranched alkanes of at least 4 members (excludes halogenated alkanes) is 3. The minimum atomic E-state index is -0.879. The number of nitrogens with zero attached hydrogens (tertiary/aromatic N) is 3. The molecule has 9 heteroatoms. The van der Waals surface area contributed by atoms with Crippen LogP contribution in [0.1, 0.15) is 38.2 Å². The Bertz CT molecular complexity index is 1450. The van der Waals surface area contributed by atoms with Gasteiger partial charge in [-0.15, -0.1) is 11.8 Å². The molecule has 232 valence electrons. The SMILES string of the molecule is COc1ccc(N2CC=C[C@]34S[C@]5(C)C=CCN(Cc6ccccc6)C(=O)[C@@H]5[C@H]3C(=O)N(CCCCCCO)C4C2=O)cc1. The van der Waals surface area contributed by atoms with Gasteiger partial charge in [0, 0.05) is 43.2 Å². The summed E-state index contributed by atoms with van der Waals surface area (Å²) >= 11 is 1.62. The molecule has 2 saturated heterocycles. The van der Waals surface area contributed by atoms with Crippen LogP contribution < -0.4 is 9.64 Å². The van der Waals surface area contributed by atoms with Gasteiger partial charge in [-0.1, -0.05) is 67.5 Å². The van der Waals surface area contributed by atoms with Gasteiger partial charge in [0.2, 0.25) is 11.8 Å². The first-order chi connectivity index (χ1) is 21.3. The van der Waals surface area contributed by atoms with Gasteiger partial charge in [-0.05, 0) is 49.6 Å². The van der Waals surface area contributed by atoms with Crippen molar-refractivity contribution in [3.8, 4) is 5.75 Å². The van der Waals surface area contributed by atoms with Crippen LogP contribution in [0.3, 0.4) is 0 Å². The molecule has 1 spiro atoms. The van der Waals surface area contributed by atoms with E-state index in [2.05, 4.69) is 25.2 Å². The average molecular weight is 616 g/mol. The predicted octanol–water partition coefficient (Wildman–Crippen LogP) is 4.44. The molecule has 0 saturated carbocycles. The molecule has 44 heavy (non-hydrogen) atoms. The molecule has 4 heterocycles. The highest BCUT2D eigenvalue weighted by Gasteiger charge is 2.73. The summed E-state index contributed by atoms with van der Waals surface area (Å²) in [6, 6.07) is 16.6. The lowest BCUT2D eigenvalue weighted by Gasteiger charge is -2.37. The van der Waals surface area contributed by atoms with E-state index in [-0.39, 0.29) is 24.3 Å². The number of benzene rings is 2. The third kappa shape index (κ3) is 5.24. The van der Waals surface area contributed by atoms with Crippen molar-refractivity contribution in [2.75, 3.05) is 38.3 Å². The van der Waals surface area contributed by atoms with Crippen molar-refractivity contribution in [3.05, 3.63) is 84.5 Å². The van der Waals surface area contributed by atoms with E-state index in [1.807, 2.05) is 65.6 Å². The fraction of sp³-hybridized carbons (Fsp3) is 0.457. The number of fused-ring (bicyclic) bond motifs is 2. The summed E-state index contributed by atoms with van der Waals surface area (Å²) in [6.45, 7) is 3.96. The highest BCUT2D eigenvalue weighted by molar-refractivity contribution is 8.02. The molecule has 2 aromatic carbocycles. The standard InChI is InChI=1S/C35H41N3O5S/c1-34-18-10-20-36(24-25-12-6-5-7-13-25)31(40)28(34)29-32(41)38(21-8-3-4-9-23-39)30-33(42)37(22-11-19-35(29,30)44-34)26-14-16-27(43-2)17-15-26/h5-7,10-19,28-30,39H,3-4,8-9,20-24H2,1-2H3/t28-,29-,30?,34+,35-/m0/s1. The van der Waals surface area contributed by atoms with Crippen molar-refractivity contribution in [1.82, 2.24) is 9.80 Å².